The number of aliphatic imine (C=N–C) groups is 1. The van der Waals surface area contributed by atoms with Crippen molar-refractivity contribution in [1.29, 1.82) is 0 Å². The van der Waals surface area contributed by atoms with Crippen LogP contribution in [0.1, 0.15) is 19.8 Å². The molecule has 62 valence electrons. The first-order valence-electron chi connectivity index (χ1n) is 4.46. The van der Waals surface area contributed by atoms with Crippen LogP contribution in [0.5, 0.6) is 0 Å². The molecule has 12 heavy (non-hydrogen) atoms. The van der Waals surface area contributed by atoms with Crippen LogP contribution in [0.4, 0.5) is 0 Å². The van der Waals surface area contributed by atoms with Crippen LogP contribution in [0.2, 0.25) is 0 Å². The average molecular weight is 180 g/mol. The Hall–Kier alpha value is -0.560. The van der Waals surface area contributed by atoms with Crippen molar-refractivity contribution < 1.29 is 0 Å². The van der Waals surface area contributed by atoms with E-state index in [0.717, 1.165) is 11.5 Å². The molecule has 2 heteroatoms. The summed E-state index contributed by atoms with van der Waals surface area (Å²) in [5.74, 6) is 0.624. The largest absolute Gasteiger partial charge is 0.277 e. The van der Waals surface area contributed by atoms with Crippen molar-refractivity contribution >= 4 is 17.3 Å². The van der Waals surface area contributed by atoms with Gasteiger partial charge in [-0.05, 0) is 36.0 Å². The highest BCUT2D eigenvalue weighted by molar-refractivity contribution is 6.36. The second-order valence-electron chi connectivity index (χ2n) is 3.81. The molecule has 0 bridgehead atoms. The SMILES string of the molecule is C[C@@H]1CCC2=NC3C=C3C(Cl)=C21. The second-order valence-corrected chi connectivity index (χ2v) is 4.19. The van der Waals surface area contributed by atoms with Crippen molar-refractivity contribution in [1.82, 2.24) is 0 Å². The smallest absolute Gasteiger partial charge is 0.0953 e. The van der Waals surface area contributed by atoms with Crippen LogP contribution in [0, 0.1) is 5.92 Å². The normalized spacial score (nSPS) is 37.2. The molecular weight excluding hydrogens is 170 g/mol. The number of rotatable bonds is 0. The molecule has 0 aromatic carbocycles. The van der Waals surface area contributed by atoms with Crippen molar-refractivity contribution in [2.24, 2.45) is 10.9 Å². The number of nitrogens with zero attached hydrogens (tertiary/aromatic N) is 1. The molecule has 0 saturated heterocycles. The molecule has 0 radical (unpaired) electrons. The molecular formula is C10H10ClN. The van der Waals surface area contributed by atoms with E-state index >= 15 is 0 Å². The van der Waals surface area contributed by atoms with Crippen molar-refractivity contribution in [3.05, 3.63) is 22.3 Å². The van der Waals surface area contributed by atoms with Gasteiger partial charge in [0.15, 0.2) is 0 Å². The molecule has 0 spiro atoms. The maximum atomic E-state index is 6.24. The van der Waals surface area contributed by atoms with Crippen LogP contribution in [0.25, 0.3) is 0 Å². The Morgan fingerprint density at radius 3 is 3.25 bits per heavy atom. The summed E-state index contributed by atoms with van der Waals surface area (Å²) in [5, 5.41) is 1.01. The van der Waals surface area contributed by atoms with Crippen LogP contribution in [0.3, 0.4) is 0 Å². The van der Waals surface area contributed by atoms with Gasteiger partial charge in [0.25, 0.3) is 0 Å². The Labute approximate surface area is 76.8 Å². The summed E-state index contributed by atoms with van der Waals surface area (Å²) in [6.07, 6.45) is 4.50. The Morgan fingerprint density at radius 1 is 1.58 bits per heavy atom. The standard InChI is InChI=1S/C10H10ClN/c1-5-2-3-7-9(5)10(11)6-4-8(6)12-7/h4-5,8H,2-3H2,1H3/t5-,8?/m1/s1. The Balaban J connectivity index is 2.16. The van der Waals surface area contributed by atoms with E-state index in [1.165, 1.54) is 23.3 Å². The molecule has 0 aromatic heterocycles. The number of fused-ring (bicyclic) bond motifs is 2. The molecule has 1 aliphatic heterocycles. The Bertz CT molecular complexity index is 349. The maximum Gasteiger partial charge on any atom is 0.0953 e. The number of halogens is 1. The lowest BCUT2D eigenvalue weighted by Gasteiger charge is -2.12. The fourth-order valence-corrected chi connectivity index (χ4v) is 2.62. The summed E-state index contributed by atoms with van der Waals surface area (Å²) in [6.45, 7) is 2.24. The van der Waals surface area contributed by atoms with Crippen LogP contribution in [-0.4, -0.2) is 11.8 Å². The van der Waals surface area contributed by atoms with Gasteiger partial charge in [-0.15, -0.1) is 0 Å². The molecule has 0 aromatic rings. The second kappa shape index (κ2) is 2.02. The van der Waals surface area contributed by atoms with Crippen LogP contribution >= 0.6 is 11.6 Å². The van der Waals surface area contributed by atoms with Crippen LogP contribution in [-0.2, 0) is 0 Å². The van der Waals surface area contributed by atoms with E-state index in [4.69, 9.17) is 11.6 Å². The highest BCUT2D eigenvalue weighted by atomic mass is 35.5. The molecule has 1 nitrogen and oxygen atoms in total. The summed E-state index contributed by atoms with van der Waals surface area (Å²) in [4.78, 5) is 4.60. The van der Waals surface area contributed by atoms with Gasteiger partial charge >= 0.3 is 0 Å². The van der Waals surface area contributed by atoms with E-state index in [9.17, 15) is 0 Å². The molecule has 3 rings (SSSR count). The topological polar surface area (TPSA) is 12.4 Å². The van der Waals surface area contributed by atoms with E-state index in [1.54, 1.807) is 0 Å². The molecule has 0 amide bonds. The molecule has 2 aliphatic carbocycles. The molecule has 2 atom stereocenters. The van der Waals surface area contributed by atoms with Crippen LogP contribution < -0.4 is 0 Å². The van der Waals surface area contributed by atoms with Gasteiger partial charge in [0.05, 0.1) is 11.1 Å². The van der Waals surface area contributed by atoms with Crippen molar-refractivity contribution in [2.45, 2.75) is 25.8 Å². The summed E-state index contributed by atoms with van der Waals surface area (Å²) < 4.78 is 0. The van der Waals surface area contributed by atoms with Crippen molar-refractivity contribution in [3.8, 4) is 0 Å². The Morgan fingerprint density at radius 2 is 2.42 bits per heavy atom. The zero-order chi connectivity index (χ0) is 8.29. The molecule has 0 N–H and O–H groups in total. The summed E-state index contributed by atoms with van der Waals surface area (Å²) in [5.41, 5.74) is 3.87. The lowest BCUT2D eigenvalue weighted by molar-refractivity contribution is 0.696. The number of hydrogen-bond donors (Lipinski definition) is 0. The molecule has 1 saturated carbocycles. The predicted molar refractivity (Wildman–Crippen MR) is 50.6 cm³/mol. The highest BCUT2D eigenvalue weighted by Crippen LogP contribution is 2.45. The predicted octanol–water partition coefficient (Wildman–Crippen LogP) is 2.67. The lowest BCUT2D eigenvalue weighted by Crippen LogP contribution is -2.08. The van der Waals surface area contributed by atoms with E-state index in [2.05, 4.69) is 18.0 Å². The van der Waals surface area contributed by atoms with Gasteiger partial charge in [-0.25, -0.2) is 0 Å². The molecule has 1 heterocycles. The van der Waals surface area contributed by atoms with Gasteiger partial charge in [-0.1, -0.05) is 18.5 Å². The first kappa shape index (κ1) is 6.90. The maximum absolute atomic E-state index is 6.24. The van der Waals surface area contributed by atoms with Crippen molar-refractivity contribution in [3.63, 3.8) is 0 Å². The van der Waals surface area contributed by atoms with Gasteiger partial charge in [-0.2, -0.15) is 0 Å². The minimum Gasteiger partial charge on any atom is -0.277 e. The molecule has 1 unspecified atom stereocenters. The third-order valence-electron chi connectivity index (χ3n) is 2.95. The Kier molecular flexibility index (Phi) is 1.16. The number of hydrogen-bond acceptors (Lipinski definition) is 1. The summed E-state index contributed by atoms with van der Waals surface area (Å²) in [6, 6.07) is 0.363. The first-order chi connectivity index (χ1) is 5.77. The zero-order valence-electron chi connectivity index (χ0n) is 6.97. The van der Waals surface area contributed by atoms with E-state index < -0.39 is 0 Å². The van der Waals surface area contributed by atoms with E-state index in [-0.39, 0.29) is 0 Å². The summed E-state index contributed by atoms with van der Waals surface area (Å²) >= 11 is 6.24. The van der Waals surface area contributed by atoms with Crippen molar-refractivity contribution in [2.75, 3.05) is 0 Å². The highest BCUT2D eigenvalue weighted by Gasteiger charge is 2.38. The minimum absolute atomic E-state index is 0.363. The molecule has 1 fully saturated rings. The first-order valence-corrected chi connectivity index (χ1v) is 4.84. The molecule has 3 aliphatic rings. The van der Waals surface area contributed by atoms with Gasteiger partial charge in [0.1, 0.15) is 0 Å². The van der Waals surface area contributed by atoms with Gasteiger partial charge in [0, 0.05) is 5.71 Å². The fourth-order valence-electron chi connectivity index (χ4n) is 2.15. The quantitative estimate of drug-likeness (QED) is 0.542. The summed E-state index contributed by atoms with van der Waals surface area (Å²) in [7, 11) is 0. The number of dihydropyridines is 1. The number of allylic oxidation sites excluding steroid dienone is 1. The monoisotopic (exact) mass is 179 g/mol. The minimum atomic E-state index is 0.363. The third-order valence-corrected chi connectivity index (χ3v) is 3.37. The lowest BCUT2D eigenvalue weighted by atomic mass is 10.0. The van der Waals surface area contributed by atoms with Gasteiger partial charge < -0.3 is 0 Å². The average Bonchev–Trinajstić information content (AvgIpc) is 2.71. The van der Waals surface area contributed by atoms with E-state index in [1.807, 2.05) is 0 Å². The van der Waals surface area contributed by atoms with E-state index in [0.29, 0.717) is 12.0 Å². The van der Waals surface area contributed by atoms with Gasteiger partial charge in [0.2, 0.25) is 0 Å². The van der Waals surface area contributed by atoms with Gasteiger partial charge in [-0.3, -0.25) is 4.99 Å². The fraction of sp³-hybridized carbons (Fsp3) is 0.500. The third kappa shape index (κ3) is 0.726. The van der Waals surface area contributed by atoms with Crippen LogP contribution in [0.15, 0.2) is 27.2 Å². The zero-order valence-corrected chi connectivity index (χ0v) is 7.73.